The first kappa shape index (κ1) is 22.9. The van der Waals surface area contributed by atoms with E-state index in [0.29, 0.717) is 24.6 Å². The second-order valence-electron chi connectivity index (χ2n) is 7.72. The van der Waals surface area contributed by atoms with Gasteiger partial charge in [-0.25, -0.2) is 8.42 Å². The maximum absolute atomic E-state index is 12.7. The second-order valence-corrected chi connectivity index (χ2v) is 9.63. The van der Waals surface area contributed by atoms with Crippen molar-refractivity contribution in [1.29, 1.82) is 0 Å². The number of carbonyl (C=O) groups is 1. The van der Waals surface area contributed by atoms with Crippen molar-refractivity contribution in [3.8, 4) is 11.5 Å². The van der Waals surface area contributed by atoms with Crippen molar-refractivity contribution in [2.24, 2.45) is 0 Å². The summed E-state index contributed by atoms with van der Waals surface area (Å²) in [5, 5.41) is 2.87. The summed E-state index contributed by atoms with van der Waals surface area (Å²) in [6.45, 7) is 5.03. The molecular formula is C23H30N2O5S. The normalized spacial score (nSPS) is 15.7. The fourth-order valence-electron chi connectivity index (χ4n) is 3.48. The molecule has 7 nitrogen and oxygen atoms in total. The molecule has 3 rings (SSSR count). The Morgan fingerprint density at radius 2 is 2.03 bits per heavy atom. The van der Waals surface area contributed by atoms with E-state index in [2.05, 4.69) is 12.2 Å². The van der Waals surface area contributed by atoms with E-state index in [4.69, 9.17) is 9.47 Å². The first-order chi connectivity index (χ1) is 14.8. The highest BCUT2D eigenvalue weighted by Gasteiger charge is 2.34. The van der Waals surface area contributed by atoms with Crippen LogP contribution < -0.4 is 19.1 Å². The molecular weight excluding hydrogens is 416 g/mol. The Balaban J connectivity index is 1.58. The van der Waals surface area contributed by atoms with Crippen LogP contribution in [0.25, 0.3) is 0 Å². The highest BCUT2D eigenvalue weighted by atomic mass is 32.2. The SMILES string of the molecule is CCCOc1ccccc1CCCNC(=O)[C@@H]1CN(S(C)(=O)=O)c2cc(C)ccc2O1. The lowest BCUT2D eigenvalue weighted by Crippen LogP contribution is -2.50. The predicted molar refractivity (Wildman–Crippen MR) is 121 cm³/mol. The molecule has 0 unspecified atom stereocenters. The first-order valence-electron chi connectivity index (χ1n) is 10.5. The van der Waals surface area contributed by atoms with Gasteiger partial charge in [-0.05, 0) is 55.5 Å². The summed E-state index contributed by atoms with van der Waals surface area (Å²) in [6, 6.07) is 13.2. The van der Waals surface area contributed by atoms with Crippen LogP contribution in [0.1, 0.15) is 30.9 Å². The van der Waals surface area contributed by atoms with Gasteiger partial charge in [0.15, 0.2) is 6.10 Å². The fourth-order valence-corrected chi connectivity index (χ4v) is 4.39. The molecule has 0 spiro atoms. The van der Waals surface area contributed by atoms with Gasteiger partial charge in [0.05, 0.1) is 25.1 Å². The molecule has 0 saturated heterocycles. The Hall–Kier alpha value is -2.74. The van der Waals surface area contributed by atoms with Gasteiger partial charge < -0.3 is 14.8 Å². The summed E-state index contributed by atoms with van der Waals surface area (Å²) in [6.07, 6.45) is 2.68. The van der Waals surface area contributed by atoms with Gasteiger partial charge in [-0.3, -0.25) is 9.10 Å². The number of ether oxygens (including phenoxy) is 2. The van der Waals surface area contributed by atoms with Crippen LogP contribution in [-0.2, 0) is 21.2 Å². The topological polar surface area (TPSA) is 84.9 Å². The fraction of sp³-hybridized carbons (Fsp3) is 0.435. The van der Waals surface area contributed by atoms with Gasteiger partial charge in [0.25, 0.3) is 5.91 Å². The Bertz CT molecular complexity index is 1020. The molecule has 31 heavy (non-hydrogen) atoms. The molecule has 1 heterocycles. The number of nitrogens with one attached hydrogen (secondary N) is 1. The highest BCUT2D eigenvalue weighted by molar-refractivity contribution is 7.92. The number of hydrogen-bond donors (Lipinski definition) is 1. The summed E-state index contributed by atoms with van der Waals surface area (Å²) in [7, 11) is -3.54. The van der Waals surface area contributed by atoms with Crippen LogP contribution in [-0.4, -0.2) is 46.4 Å². The van der Waals surface area contributed by atoms with Crippen LogP contribution in [0.2, 0.25) is 0 Å². The zero-order chi connectivity index (χ0) is 22.4. The maximum Gasteiger partial charge on any atom is 0.263 e. The van der Waals surface area contributed by atoms with Crippen molar-refractivity contribution in [3.63, 3.8) is 0 Å². The molecule has 2 aromatic carbocycles. The number of hydrogen-bond acceptors (Lipinski definition) is 5. The zero-order valence-corrected chi connectivity index (χ0v) is 19.1. The smallest absolute Gasteiger partial charge is 0.263 e. The lowest BCUT2D eigenvalue weighted by molar-refractivity contribution is -0.127. The van der Waals surface area contributed by atoms with E-state index in [1.54, 1.807) is 12.1 Å². The van der Waals surface area contributed by atoms with E-state index in [9.17, 15) is 13.2 Å². The van der Waals surface area contributed by atoms with Gasteiger partial charge >= 0.3 is 0 Å². The van der Waals surface area contributed by atoms with Gasteiger partial charge in [-0.1, -0.05) is 31.2 Å². The van der Waals surface area contributed by atoms with Gasteiger partial charge in [-0.2, -0.15) is 0 Å². The molecule has 1 aliphatic heterocycles. The molecule has 1 N–H and O–H groups in total. The summed E-state index contributed by atoms with van der Waals surface area (Å²) in [5.41, 5.74) is 2.49. The van der Waals surface area contributed by atoms with Crippen molar-refractivity contribution in [1.82, 2.24) is 5.32 Å². The minimum atomic E-state index is -3.54. The van der Waals surface area contributed by atoms with Gasteiger partial charge in [0, 0.05) is 6.54 Å². The minimum Gasteiger partial charge on any atom is -0.493 e. The van der Waals surface area contributed by atoms with E-state index < -0.39 is 16.1 Å². The Morgan fingerprint density at radius 1 is 1.26 bits per heavy atom. The van der Waals surface area contributed by atoms with Crippen LogP contribution >= 0.6 is 0 Å². The summed E-state index contributed by atoms with van der Waals surface area (Å²) in [4.78, 5) is 12.7. The molecule has 1 amide bonds. The Kier molecular flexibility index (Phi) is 7.43. The molecule has 1 atom stereocenters. The summed E-state index contributed by atoms with van der Waals surface area (Å²) in [5.74, 6) is 0.946. The summed E-state index contributed by atoms with van der Waals surface area (Å²) >= 11 is 0. The van der Waals surface area contributed by atoms with Crippen LogP contribution in [0, 0.1) is 6.92 Å². The van der Waals surface area contributed by atoms with Crippen molar-refractivity contribution in [3.05, 3.63) is 53.6 Å². The monoisotopic (exact) mass is 446 g/mol. The number of fused-ring (bicyclic) bond motifs is 1. The number of benzene rings is 2. The van der Waals surface area contributed by atoms with Gasteiger partial charge in [0.2, 0.25) is 10.0 Å². The number of aryl methyl sites for hydroxylation is 2. The van der Waals surface area contributed by atoms with Crippen LogP contribution in [0.5, 0.6) is 11.5 Å². The molecule has 8 heteroatoms. The predicted octanol–water partition coefficient (Wildman–Crippen LogP) is 3.06. The van der Waals surface area contributed by atoms with Crippen LogP contribution in [0.4, 0.5) is 5.69 Å². The first-order valence-corrected chi connectivity index (χ1v) is 12.4. The largest absolute Gasteiger partial charge is 0.493 e. The van der Waals surface area contributed by atoms with E-state index in [0.717, 1.165) is 42.4 Å². The third kappa shape index (κ3) is 5.91. The lowest BCUT2D eigenvalue weighted by atomic mass is 10.1. The van der Waals surface area contributed by atoms with Crippen LogP contribution in [0.15, 0.2) is 42.5 Å². The quantitative estimate of drug-likeness (QED) is 0.599. The minimum absolute atomic E-state index is 0.0468. The molecule has 0 bridgehead atoms. The molecule has 0 aromatic heterocycles. The second kappa shape index (κ2) is 10.0. The Labute approximate surface area is 184 Å². The maximum atomic E-state index is 12.7. The van der Waals surface area contributed by atoms with Gasteiger partial charge in [-0.15, -0.1) is 0 Å². The number of rotatable bonds is 9. The number of nitrogens with zero attached hydrogens (tertiary/aromatic N) is 1. The van der Waals surface area contributed by atoms with E-state index >= 15 is 0 Å². The van der Waals surface area contributed by atoms with Crippen molar-refractivity contribution in [2.75, 3.05) is 30.3 Å². The third-order valence-electron chi connectivity index (χ3n) is 5.03. The Morgan fingerprint density at radius 3 is 2.77 bits per heavy atom. The number of para-hydroxylation sites is 1. The van der Waals surface area contributed by atoms with Crippen molar-refractivity contribution < 1.29 is 22.7 Å². The summed E-state index contributed by atoms with van der Waals surface area (Å²) < 4.78 is 37.4. The molecule has 0 radical (unpaired) electrons. The highest BCUT2D eigenvalue weighted by Crippen LogP contribution is 2.35. The molecule has 0 saturated carbocycles. The third-order valence-corrected chi connectivity index (χ3v) is 6.18. The van der Waals surface area contributed by atoms with Crippen LogP contribution in [0.3, 0.4) is 0 Å². The molecule has 0 fully saturated rings. The van der Waals surface area contributed by atoms with E-state index in [1.807, 2.05) is 37.3 Å². The molecule has 2 aromatic rings. The molecule has 1 aliphatic rings. The van der Waals surface area contributed by atoms with E-state index in [1.165, 1.54) is 4.31 Å². The van der Waals surface area contributed by atoms with Crippen molar-refractivity contribution >= 4 is 21.6 Å². The van der Waals surface area contributed by atoms with E-state index in [-0.39, 0.29) is 12.5 Å². The average molecular weight is 447 g/mol. The lowest BCUT2D eigenvalue weighted by Gasteiger charge is -2.34. The standard InChI is InChI=1S/C23H30N2O5S/c1-4-14-29-20-10-6-5-8-18(20)9-7-13-24-23(26)22-16-25(31(3,27)28)19-15-17(2)11-12-21(19)30-22/h5-6,8,10-12,15,22H,4,7,9,13-14,16H2,1-3H3,(H,24,26)/t22-/m0/s1. The average Bonchev–Trinajstić information content (AvgIpc) is 2.74. The number of carbonyl (C=O) groups excluding carboxylic acids is 1. The number of sulfonamides is 1. The van der Waals surface area contributed by atoms with Crippen molar-refractivity contribution in [2.45, 2.75) is 39.2 Å². The molecule has 0 aliphatic carbocycles. The van der Waals surface area contributed by atoms with Gasteiger partial charge in [0.1, 0.15) is 11.5 Å². The zero-order valence-electron chi connectivity index (χ0n) is 18.3. The molecule has 168 valence electrons. The number of anilines is 1. The number of amides is 1.